The first kappa shape index (κ1) is 14.1. The predicted molar refractivity (Wildman–Crippen MR) is 61.6 cm³/mol. The highest BCUT2D eigenvalue weighted by Crippen LogP contribution is 2.31. The highest BCUT2D eigenvalue weighted by molar-refractivity contribution is 7.92. The van der Waals surface area contributed by atoms with Gasteiger partial charge in [-0.1, -0.05) is 0 Å². The number of nitrogens with one attached hydrogen (secondary N) is 1. The lowest BCUT2D eigenvalue weighted by molar-refractivity contribution is -0.0436. The van der Waals surface area contributed by atoms with Gasteiger partial charge in [0.2, 0.25) is 0 Å². The van der Waals surface area contributed by atoms with Crippen LogP contribution in [0.25, 0.3) is 0 Å². The molecule has 0 radical (unpaired) electrons. The molecule has 0 unspecified atom stereocenters. The lowest BCUT2D eigenvalue weighted by atomic mass is 10.3. The van der Waals surface area contributed by atoms with Gasteiger partial charge in [-0.3, -0.25) is 0 Å². The summed E-state index contributed by atoms with van der Waals surface area (Å²) in [5.74, 6) is 0.356. The predicted octanol–water partition coefficient (Wildman–Crippen LogP) is 1.72. The Bertz CT molecular complexity index is 533. The van der Waals surface area contributed by atoms with Crippen LogP contribution in [0.4, 0.5) is 13.2 Å². The number of sulfone groups is 1. The summed E-state index contributed by atoms with van der Waals surface area (Å²) in [6.07, 6.45) is 0.771. The molecule has 1 heterocycles. The van der Waals surface area contributed by atoms with Gasteiger partial charge in [0.1, 0.15) is 11.9 Å². The Balaban J connectivity index is 2.14. The van der Waals surface area contributed by atoms with Crippen molar-refractivity contribution in [2.45, 2.75) is 22.9 Å². The second-order valence-electron chi connectivity index (χ2n) is 4.15. The molecule has 1 fully saturated rings. The molecule has 1 N–H and O–H groups in total. The summed E-state index contributed by atoms with van der Waals surface area (Å²) in [5.41, 5.74) is -5.29. The van der Waals surface area contributed by atoms with E-state index in [9.17, 15) is 21.6 Å². The van der Waals surface area contributed by atoms with Crippen molar-refractivity contribution in [3.63, 3.8) is 0 Å². The molecule has 1 aliphatic rings. The van der Waals surface area contributed by atoms with Gasteiger partial charge in [-0.25, -0.2) is 8.42 Å². The molecule has 1 aromatic rings. The Labute approximate surface area is 108 Å². The highest BCUT2D eigenvalue weighted by atomic mass is 32.2. The maximum atomic E-state index is 12.3. The molecule has 0 amide bonds. The largest absolute Gasteiger partial charge is 0.501 e. The minimum Gasteiger partial charge on any atom is -0.489 e. The molecular formula is C11H12F3NO3S. The molecule has 106 valence electrons. The third-order valence-corrected chi connectivity index (χ3v) is 4.26. The Morgan fingerprint density at radius 3 is 2.32 bits per heavy atom. The number of rotatable bonds is 3. The summed E-state index contributed by atoms with van der Waals surface area (Å²) in [6.45, 7) is 1.49. The summed E-state index contributed by atoms with van der Waals surface area (Å²) in [4.78, 5) is -0.781. The Morgan fingerprint density at radius 2 is 1.84 bits per heavy atom. The average molecular weight is 295 g/mol. The molecular weight excluding hydrogens is 283 g/mol. The molecule has 0 aliphatic carbocycles. The topological polar surface area (TPSA) is 55.4 Å². The van der Waals surface area contributed by atoms with Crippen molar-refractivity contribution >= 4 is 9.84 Å². The highest BCUT2D eigenvalue weighted by Gasteiger charge is 2.46. The molecule has 2 rings (SSSR count). The summed E-state index contributed by atoms with van der Waals surface area (Å²) < 4.78 is 64.7. The smallest absolute Gasteiger partial charge is 0.489 e. The summed E-state index contributed by atoms with van der Waals surface area (Å²) in [7, 11) is -5.29. The van der Waals surface area contributed by atoms with E-state index in [1.165, 1.54) is 12.1 Å². The van der Waals surface area contributed by atoms with E-state index in [1.807, 2.05) is 0 Å². The van der Waals surface area contributed by atoms with Gasteiger partial charge in [-0.2, -0.15) is 13.2 Å². The van der Waals surface area contributed by atoms with Crippen LogP contribution in [-0.2, 0) is 9.84 Å². The van der Waals surface area contributed by atoms with E-state index in [-0.39, 0.29) is 6.10 Å². The van der Waals surface area contributed by atoms with E-state index in [1.54, 1.807) is 0 Å². The van der Waals surface area contributed by atoms with Crippen LogP contribution in [0.2, 0.25) is 0 Å². The SMILES string of the molecule is O=S(=O)(c1ccc(O[C@H]2CCNC2)cc1)C(F)(F)F. The van der Waals surface area contributed by atoms with Gasteiger partial charge in [0.05, 0.1) is 4.90 Å². The molecule has 1 aliphatic heterocycles. The fourth-order valence-corrected chi connectivity index (χ4v) is 2.51. The number of alkyl halides is 3. The van der Waals surface area contributed by atoms with Crippen molar-refractivity contribution in [1.29, 1.82) is 0 Å². The van der Waals surface area contributed by atoms with Crippen LogP contribution < -0.4 is 10.1 Å². The zero-order chi connectivity index (χ0) is 14.1. The number of benzene rings is 1. The molecule has 0 spiro atoms. The monoisotopic (exact) mass is 295 g/mol. The first-order valence-electron chi connectivity index (χ1n) is 5.59. The van der Waals surface area contributed by atoms with E-state index >= 15 is 0 Å². The summed E-state index contributed by atoms with van der Waals surface area (Å²) >= 11 is 0. The van der Waals surface area contributed by atoms with Crippen LogP contribution in [0.3, 0.4) is 0 Å². The van der Waals surface area contributed by atoms with Crippen molar-refractivity contribution in [2.24, 2.45) is 0 Å². The van der Waals surface area contributed by atoms with Gasteiger partial charge in [-0.15, -0.1) is 0 Å². The zero-order valence-corrected chi connectivity index (χ0v) is 10.6. The van der Waals surface area contributed by atoms with Crippen LogP contribution in [-0.4, -0.2) is 33.1 Å². The van der Waals surface area contributed by atoms with E-state index in [0.29, 0.717) is 12.3 Å². The molecule has 1 saturated heterocycles. The fraction of sp³-hybridized carbons (Fsp3) is 0.455. The first-order valence-corrected chi connectivity index (χ1v) is 7.08. The van der Waals surface area contributed by atoms with Gasteiger partial charge in [0.15, 0.2) is 0 Å². The molecule has 8 heteroatoms. The van der Waals surface area contributed by atoms with Crippen LogP contribution in [0, 0.1) is 0 Å². The Hall–Kier alpha value is -1.28. The molecule has 0 saturated carbocycles. The second-order valence-corrected chi connectivity index (χ2v) is 6.09. The van der Waals surface area contributed by atoms with E-state index in [0.717, 1.165) is 25.1 Å². The third kappa shape index (κ3) is 3.01. The maximum Gasteiger partial charge on any atom is 0.501 e. The quantitative estimate of drug-likeness (QED) is 0.922. The van der Waals surface area contributed by atoms with Gasteiger partial charge in [0, 0.05) is 6.54 Å². The molecule has 1 aromatic carbocycles. The second kappa shape index (κ2) is 5.01. The first-order chi connectivity index (χ1) is 8.80. The van der Waals surface area contributed by atoms with Gasteiger partial charge >= 0.3 is 5.51 Å². The van der Waals surface area contributed by atoms with Crippen molar-refractivity contribution in [3.05, 3.63) is 24.3 Å². The Kier molecular flexibility index (Phi) is 3.73. The van der Waals surface area contributed by atoms with E-state index in [2.05, 4.69) is 5.32 Å². The maximum absolute atomic E-state index is 12.3. The van der Waals surface area contributed by atoms with Gasteiger partial charge < -0.3 is 10.1 Å². The number of halogens is 3. The number of hydrogen-bond donors (Lipinski definition) is 1. The minimum atomic E-state index is -5.29. The van der Waals surface area contributed by atoms with Gasteiger partial charge in [-0.05, 0) is 37.2 Å². The van der Waals surface area contributed by atoms with Gasteiger partial charge in [0.25, 0.3) is 9.84 Å². The van der Waals surface area contributed by atoms with Crippen LogP contribution in [0.1, 0.15) is 6.42 Å². The van der Waals surface area contributed by atoms with E-state index in [4.69, 9.17) is 4.74 Å². The van der Waals surface area contributed by atoms with Crippen LogP contribution in [0.15, 0.2) is 29.2 Å². The average Bonchev–Trinajstić information content (AvgIpc) is 2.81. The lowest BCUT2D eigenvalue weighted by Gasteiger charge is -2.13. The third-order valence-electron chi connectivity index (χ3n) is 2.76. The Morgan fingerprint density at radius 1 is 1.21 bits per heavy atom. The van der Waals surface area contributed by atoms with Crippen LogP contribution >= 0.6 is 0 Å². The van der Waals surface area contributed by atoms with Crippen molar-refractivity contribution < 1.29 is 26.3 Å². The molecule has 1 atom stereocenters. The molecule has 0 aromatic heterocycles. The normalized spacial score (nSPS) is 20.5. The summed E-state index contributed by atoms with van der Waals surface area (Å²) in [6, 6.07) is 4.27. The molecule has 19 heavy (non-hydrogen) atoms. The summed E-state index contributed by atoms with van der Waals surface area (Å²) in [5, 5.41) is 3.08. The lowest BCUT2D eigenvalue weighted by Crippen LogP contribution is -2.23. The number of hydrogen-bond acceptors (Lipinski definition) is 4. The standard InChI is InChI=1S/C11H12F3NO3S/c12-11(13,14)19(16,17)10-3-1-8(2-4-10)18-9-5-6-15-7-9/h1-4,9,15H,5-7H2/t9-/m0/s1. The molecule has 0 bridgehead atoms. The number of ether oxygens (including phenoxy) is 1. The zero-order valence-electron chi connectivity index (χ0n) is 9.77. The van der Waals surface area contributed by atoms with Crippen molar-refractivity contribution in [3.8, 4) is 5.75 Å². The van der Waals surface area contributed by atoms with Crippen molar-refractivity contribution in [1.82, 2.24) is 5.32 Å². The minimum absolute atomic E-state index is 0.0370. The van der Waals surface area contributed by atoms with Crippen molar-refractivity contribution in [2.75, 3.05) is 13.1 Å². The fourth-order valence-electron chi connectivity index (χ4n) is 1.75. The molecule has 4 nitrogen and oxygen atoms in total. The van der Waals surface area contributed by atoms with Crippen LogP contribution in [0.5, 0.6) is 5.75 Å². The van der Waals surface area contributed by atoms with E-state index < -0.39 is 20.2 Å².